The first-order valence-electron chi connectivity index (χ1n) is 7.83. The molecule has 110 valence electrons. The van der Waals surface area contributed by atoms with Crippen LogP contribution in [0.1, 0.15) is 16.7 Å². The molecule has 0 saturated heterocycles. The Morgan fingerprint density at radius 2 is 0.636 bits per heavy atom. The van der Waals surface area contributed by atoms with E-state index in [1.807, 2.05) is 0 Å². The predicted molar refractivity (Wildman–Crippen MR) is 99.6 cm³/mol. The van der Waals surface area contributed by atoms with Crippen molar-refractivity contribution in [2.45, 2.75) is 20.8 Å². The summed E-state index contributed by atoms with van der Waals surface area (Å²) < 4.78 is 0. The lowest BCUT2D eigenvalue weighted by Crippen LogP contribution is -2.51. The molecule has 0 heterocycles. The molecule has 0 aliphatic rings. The number of hydrogen-bond acceptors (Lipinski definition) is 0. The zero-order chi connectivity index (χ0) is 15.5. The van der Waals surface area contributed by atoms with Gasteiger partial charge in [-0.1, -0.05) is 105 Å². The molecule has 3 rings (SSSR count). The van der Waals surface area contributed by atoms with Gasteiger partial charge in [-0.15, -0.1) is 0 Å². The van der Waals surface area contributed by atoms with Crippen LogP contribution in [0.3, 0.4) is 0 Å². The third-order valence-corrected chi connectivity index (χ3v) is 7.39. The van der Waals surface area contributed by atoms with Crippen LogP contribution < -0.4 is 15.6 Å². The number of aryl methyl sites for hydroxylation is 3. The lowest BCUT2D eigenvalue weighted by atomic mass is 10.2. The van der Waals surface area contributed by atoms with Gasteiger partial charge in [0.25, 0.3) is 0 Å². The number of benzene rings is 3. The summed E-state index contributed by atoms with van der Waals surface area (Å²) >= 11 is 0. The molecule has 0 unspecified atom stereocenters. The van der Waals surface area contributed by atoms with Crippen LogP contribution in [0.15, 0.2) is 72.8 Å². The van der Waals surface area contributed by atoms with Crippen molar-refractivity contribution in [3.8, 4) is 0 Å². The lowest BCUT2D eigenvalue weighted by molar-refractivity contribution is 1.48. The van der Waals surface area contributed by atoms with Crippen LogP contribution in [-0.2, 0) is 0 Å². The van der Waals surface area contributed by atoms with Gasteiger partial charge in [0.1, 0.15) is 8.80 Å². The summed E-state index contributed by atoms with van der Waals surface area (Å²) in [6.07, 6.45) is 0. The average molecular weight is 302 g/mol. The second kappa shape index (κ2) is 6.33. The number of hydrogen-bond donors (Lipinski definition) is 0. The maximum atomic E-state index is 2.31. The molecule has 0 bridgehead atoms. The molecule has 0 atom stereocenters. The standard InChI is InChI=1S/C21H22Si/c1-16-4-10-19(11-5-16)22(20-12-6-17(2)7-13-20)21-14-8-18(3)9-15-21/h4-15,22H,1-3H3. The maximum absolute atomic E-state index is 2.31. The Labute approximate surface area is 135 Å². The minimum absolute atomic E-state index is 1.32. The fourth-order valence-electron chi connectivity index (χ4n) is 2.85. The van der Waals surface area contributed by atoms with E-state index in [2.05, 4.69) is 93.6 Å². The maximum Gasteiger partial charge on any atom is 0.132 e. The van der Waals surface area contributed by atoms with E-state index >= 15 is 0 Å². The molecule has 0 aliphatic heterocycles. The zero-order valence-corrected chi connectivity index (χ0v) is 14.7. The SMILES string of the molecule is Cc1ccc([SiH](c2ccc(C)cc2)c2ccc(C)cc2)cc1. The molecule has 0 amide bonds. The van der Waals surface area contributed by atoms with Crippen molar-refractivity contribution in [3.63, 3.8) is 0 Å². The highest BCUT2D eigenvalue weighted by Crippen LogP contribution is 2.01. The predicted octanol–water partition coefficient (Wildman–Crippen LogP) is 2.86. The van der Waals surface area contributed by atoms with Gasteiger partial charge in [-0.2, -0.15) is 0 Å². The third kappa shape index (κ3) is 3.20. The summed E-state index contributed by atoms with van der Waals surface area (Å²) in [5.41, 5.74) is 3.97. The summed E-state index contributed by atoms with van der Waals surface area (Å²) in [4.78, 5) is 0. The first-order chi connectivity index (χ1) is 10.6. The van der Waals surface area contributed by atoms with Gasteiger partial charge in [0, 0.05) is 0 Å². The normalized spacial score (nSPS) is 10.9. The summed E-state index contributed by atoms with van der Waals surface area (Å²) in [6.45, 7) is 6.45. The van der Waals surface area contributed by atoms with E-state index in [1.54, 1.807) is 0 Å². The van der Waals surface area contributed by atoms with Crippen LogP contribution in [-0.4, -0.2) is 8.80 Å². The van der Waals surface area contributed by atoms with Gasteiger partial charge in [0.15, 0.2) is 0 Å². The summed E-state index contributed by atoms with van der Waals surface area (Å²) in [7, 11) is -1.37. The van der Waals surface area contributed by atoms with Crippen molar-refractivity contribution in [1.82, 2.24) is 0 Å². The number of rotatable bonds is 3. The highest BCUT2D eigenvalue weighted by atomic mass is 28.3. The molecule has 0 radical (unpaired) electrons. The van der Waals surface area contributed by atoms with Gasteiger partial charge in [0.2, 0.25) is 0 Å². The van der Waals surface area contributed by atoms with Crippen molar-refractivity contribution < 1.29 is 0 Å². The molecular weight excluding hydrogens is 280 g/mol. The third-order valence-electron chi connectivity index (χ3n) is 4.23. The highest BCUT2D eigenvalue weighted by molar-refractivity contribution is 6.95. The Kier molecular flexibility index (Phi) is 4.26. The molecule has 0 aliphatic carbocycles. The fourth-order valence-corrected chi connectivity index (χ4v) is 5.74. The second-order valence-electron chi connectivity index (χ2n) is 6.17. The van der Waals surface area contributed by atoms with E-state index in [0.29, 0.717) is 0 Å². The molecular formula is C21H22Si. The molecule has 0 N–H and O–H groups in total. The molecule has 22 heavy (non-hydrogen) atoms. The van der Waals surface area contributed by atoms with Crippen molar-refractivity contribution in [3.05, 3.63) is 89.5 Å². The molecule has 0 nitrogen and oxygen atoms in total. The van der Waals surface area contributed by atoms with Crippen molar-refractivity contribution in [1.29, 1.82) is 0 Å². The zero-order valence-electron chi connectivity index (χ0n) is 13.5. The van der Waals surface area contributed by atoms with Gasteiger partial charge in [-0.3, -0.25) is 0 Å². The van der Waals surface area contributed by atoms with Crippen molar-refractivity contribution in [2.75, 3.05) is 0 Å². The van der Waals surface area contributed by atoms with E-state index in [4.69, 9.17) is 0 Å². The van der Waals surface area contributed by atoms with Crippen molar-refractivity contribution >= 4 is 24.4 Å². The Bertz CT molecular complexity index is 629. The lowest BCUT2D eigenvalue weighted by Gasteiger charge is -2.18. The topological polar surface area (TPSA) is 0 Å². The molecule has 0 aromatic heterocycles. The first-order valence-corrected chi connectivity index (χ1v) is 9.56. The van der Waals surface area contributed by atoms with E-state index in [-0.39, 0.29) is 0 Å². The van der Waals surface area contributed by atoms with E-state index in [0.717, 1.165) is 0 Å². The molecule has 0 fully saturated rings. The van der Waals surface area contributed by atoms with Crippen LogP contribution in [0.4, 0.5) is 0 Å². The highest BCUT2D eigenvalue weighted by Gasteiger charge is 2.18. The quantitative estimate of drug-likeness (QED) is 0.515. The summed E-state index contributed by atoms with van der Waals surface area (Å²) in [5, 5.41) is 4.45. The Morgan fingerprint density at radius 3 is 0.864 bits per heavy atom. The monoisotopic (exact) mass is 302 g/mol. The first kappa shape index (κ1) is 14.8. The largest absolute Gasteiger partial charge is 0.132 e. The minimum atomic E-state index is -1.37. The van der Waals surface area contributed by atoms with Crippen LogP contribution in [0.5, 0.6) is 0 Å². The second-order valence-corrected chi connectivity index (χ2v) is 9.03. The molecule has 3 aromatic rings. The smallest absolute Gasteiger partial charge is 0.0623 e. The van der Waals surface area contributed by atoms with Gasteiger partial charge in [-0.05, 0) is 20.8 Å². The molecule has 0 saturated carbocycles. The minimum Gasteiger partial charge on any atom is -0.0623 e. The van der Waals surface area contributed by atoms with Gasteiger partial charge in [-0.25, -0.2) is 0 Å². The van der Waals surface area contributed by atoms with Gasteiger partial charge >= 0.3 is 0 Å². The van der Waals surface area contributed by atoms with Crippen LogP contribution in [0, 0.1) is 20.8 Å². The average Bonchev–Trinajstić information content (AvgIpc) is 2.53. The van der Waals surface area contributed by atoms with E-state index in [1.165, 1.54) is 32.3 Å². The van der Waals surface area contributed by atoms with E-state index in [9.17, 15) is 0 Å². The Hall–Kier alpha value is -2.12. The van der Waals surface area contributed by atoms with Crippen molar-refractivity contribution in [2.24, 2.45) is 0 Å². The van der Waals surface area contributed by atoms with E-state index < -0.39 is 8.80 Å². The van der Waals surface area contributed by atoms with Crippen LogP contribution >= 0.6 is 0 Å². The Morgan fingerprint density at radius 1 is 0.409 bits per heavy atom. The summed E-state index contributed by atoms with van der Waals surface area (Å²) in [6, 6.07) is 27.3. The van der Waals surface area contributed by atoms with Gasteiger partial charge < -0.3 is 0 Å². The Balaban J connectivity index is 2.10. The van der Waals surface area contributed by atoms with Crippen LogP contribution in [0.2, 0.25) is 0 Å². The van der Waals surface area contributed by atoms with Gasteiger partial charge in [0.05, 0.1) is 0 Å². The summed E-state index contributed by atoms with van der Waals surface area (Å²) in [5.74, 6) is 0. The van der Waals surface area contributed by atoms with Crippen LogP contribution in [0.25, 0.3) is 0 Å². The molecule has 3 aromatic carbocycles. The fraction of sp³-hybridized carbons (Fsp3) is 0.143. The molecule has 0 spiro atoms. The molecule has 1 heteroatoms.